The zero-order chi connectivity index (χ0) is 24.5. The highest BCUT2D eigenvalue weighted by molar-refractivity contribution is 6.42. The van der Waals surface area contributed by atoms with Gasteiger partial charge in [0.15, 0.2) is 11.5 Å². The SMILES string of the molecule is CCCOc1ccc(C(=O)Oc2ccc(/C=N\NC(=O)c3ccc(Cl)c(Cl)c3)cc2OC)cc1. The summed E-state index contributed by atoms with van der Waals surface area (Å²) >= 11 is 11.8. The number of esters is 1. The molecular formula is C25H22Cl2N2O5. The van der Waals surface area contributed by atoms with E-state index in [1.807, 2.05) is 6.92 Å². The van der Waals surface area contributed by atoms with Gasteiger partial charge in [-0.25, -0.2) is 10.2 Å². The highest BCUT2D eigenvalue weighted by Gasteiger charge is 2.13. The van der Waals surface area contributed by atoms with Crippen LogP contribution in [0, 0.1) is 0 Å². The summed E-state index contributed by atoms with van der Waals surface area (Å²) in [6.45, 7) is 2.62. The van der Waals surface area contributed by atoms with Crippen LogP contribution >= 0.6 is 23.2 Å². The minimum Gasteiger partial charge on any atom is -0.494 e. The Morgan fingerprint density at radius 3 is 2.35 bits per heavy atom. The van der Waals surface area contributed by atoms with E-state index in [1.165, 1.54) is 31.5 Å². The second-order valence-electron chi connectivity index (χ2n) is 7.00. The molecule has 1 N–H and O–H groups in total. The highest BCUT2D eigenvalue weighted by atomic mass is 35.5. The van der Waals surface area contributed by atoms with Crippen LogP contribution in [0.1, 0.15) is 39.6 Å². The van der Waals surface area contributed by atoms with Crippen LogP contribution in [0.4, 0.5) is 0 Å². The van der Waals surface area contributed by atoms with Crippen LogP contribution in [0.15, 0.2) is 65.8 Å². The number of carbonyl (C=O) groups is 2. The standard InChI is InChI=1S/C25H22Cl2N2O5/c1-3-12-33-19-8-5-17(6-9-19)25(31)34-22-11-4-16(13-23(22)32-2)15-28-29-24(30)18-7-10-20(26)21(27)14-18/h4-11,13-15H,3,12H2,1-2H3,(H,29,30)/b28-15-. The molecule has 0 unspecified atom stereocenters. The Hall–Kier alpha value is -3.55. The second kappa shape index (κ2) is 12.1. The molecule has 0 heterocycles. The summed E-state index contributed by atoms with van der Waals surface area (Å²) < 4.78 is 16.3. The third kappa shape index (κ3) is 6.73. The maximum atomic E-state index is 12.5. The molecule has 3 aromatic carbocycles. The van der Waals surface area contributed by atoms with Crippen molar-refractivity contribution in [2.75, 3.05) is 13.7 Å². The Kier molecular flexibility index (Phi) is 8.90. The highest BCUT2D eigenvalue weighted by Crippen LogP contribution is 2.28. The Bertz CT molecular complexity index is 1200. The van der Waals surface area contributed by atoms with E-state index in [2.05, 4.69) is 10.5 Å². The predicted octanol–water partition coefficient (Wildman–Crippen LogP) is 5.77. The molecule has 0 aliphatic rings. The van der Waals surface area contributed by atoms with Crippen molar-refractivity contribution < 1.29 is 23.8 Å². The molecule has 0 aromatic heterocycles. The van der Waals surface area contributed by atoms with Crippen LogP contribution in [0.3, 0.4) is 0 Å². The zero-order valence-corrected chi connectivity index (χ0v) is 20.0. The molecule has 3 aromatic rings. The lowest BCUT2D eigenvalue weighted by atomic mass is 10.2. The minimum atomic E-state index is -0.532. The molecule has 0 saturated heterocycles. The van der Waals surface area contributed by atoms with Crippen LogP contribution in [-0.2, 0) is 0 Å². The van der Waals surface area contributed by atoms with Gasteiger partial charge in [0.05, 0.1) is 35.5 Å². The predicted molar refractivity (Wildman–Crippen MR) is 132 cm³/mol. The number of nitrogens with zero attached hydrogens (tertiary/aromatic N) is 1. The smallest absolute Gasteiger partial charge is 0.343 e. The molecule has 0 atom stereocenters. The number of amides is 1. The van der Waals surface area contributed by atoms with Gasteiger partial charge in [0, 0.05) is 5.56 Å². The lowest BCUT2D eigenvalue weighted by Crippen LogP contribution is -2.17. The quantitative estimate of drug-likeness (QED) is 0.174. The molecule has 0 bridgehead atoms. The van der Waals surface area contributed by atoms with Gasteiger partial charge in [0.25, 0.3) is 5.91 Å². The van der Waals surface area contributed by atoms with Gasteiger partial charge in [-0.3, -0.25) is 4.79 Å². The van der Waals surface area contributed by atoms with E-state index in [9.17, 15) is 9.59 Å². The minimum absolute atomic E-state index is 0.246. The lowest BCUT2D eigenvalue weighted by molar-refractivity contribution is 0.0729. The number of carbonyl (C=O) groups excluding carboxylic acids is 2. The fraction of sp³-hybridized carbons (Fsp3) is 0.160. The van der Waals surface area contributed by atoms with Gasteiger partial charge in [0.2, 0.25) is 0 Å². The topological polar surface area (TPSA) is 86.2 Å². The van der Waals surface area contributed by atoms with Crippen molar-refractivity contribution in [1.29, 1.82) is 0 Å². The van der Waals surface area contributed by atoms with Crippen molar-refractivity contribution in [3.8, 4) is 17.2 Å². The number of nitrogens with one attached hydrogen (secondary N) is 1. The first-order valence-corrected chi connectivity index (χ1v) is 11.1. The van der Waals surface area contributed by atoms with E-state index in [1.54, 1.807) is 42.5 Å². The summed E-state index contributed by atoms with van der Waals surface area (Å²) in [5.41, 5.74) is 3.72. The first-order chi connectivity index (χ1) is 16.4. The van der Waals surface area contributed by atoms with Crippen LogP contribution in [-0.4, -0.2) is 31.8 Å². The van der Waals surface area contributed by atoms with E-state index in [0.29, 0.717) is 39.8 Å². The third-order valence-corrected chi connectivity index (χ3v) is 5.25. The van der Waals surface area contributed by atoms with Crippen molar-refractivity contribution in [1.82, 2.24) is 5.43 Å². The molecule has 0 fully saturated rings. The van der Waals surface area contributed by atoms with Gasteiger partial charge in [-0.1, -0.05) is 30.1 Å². The molecule has 176 valence electrons. The average molecular weight is 501 g/mol. The van der Waals surface area contributed by atoms with Gasteiger partial charge < -0.3 is 14.2 Å². The third-order valence-electron chi connectivity index (χ3n) is 4.51. The van der Waals surface area contributed by atoms with E-state index in [-0.39, 0.29) is 10.8 Å². The van der Waals surface area contributed by atoms with Crippen molar-refractivity contribution >= 4 is 41.3 Å². The van der Waals surface area contributed by atoms with Crippen LogP contribution in [0.2, 0.25) is 10.0 Å². The Morgan fingerprint density at radius 2 is 1.68 bits per heavy atom. The summed E-state index contributed by atoms with van der Waals surface area (Å²) in [7, 11) is 1.46. The summed E-state index contributed by atoms with van der Waals surface area (Å²) in [5.74, 6) is 0.284. The Labute approximate surface area is 207 Å². The molecule has 0 spiro atoms. The average Bonchev–Trinajstić information content (AvgIpc) is 2.85. The van der Waals surface area contributed by atoms with Crippen molar-refractivity contribution in [3.63, 3.8) is 0 Å². The first kappa shape index (κ1) is 25.1. The molecule has 3 rings (SSSR count). The van der Waals surface area contributed by atoms with E-state index in [4.69, 9.17) is 37.4 Å². The maximum Gasteiger partial charge on any atom is 0.343 e. The second-order valence-corrected chi connectivity index (χ2v) is 7.82. The number of halogens is 2. The number of hydrazone groups is 1. The van der Waals surface area contributed by atoms with E-state index >= 15 is 0 Å². The molecule has 0 aliphatic carbocycles. The molecule has 0 saturated carbocycles. The number of benzene rings is 3. The van der Waals surface area contributed by atoms with E-state index in [0.717, 1.165) is 6.42 Å². The normalized spacial score (nSPS) is 10.7. The van der Waals surface area contributed by atoms with Gasteiger partial charge in [-0.2, -0.15) is 5.10 Å². The summed E-state index contributed by atoms with van der Waals surface area (Å²) in [6, 6.07) is 16.1. The maximum absolute atomic E-state index is 12.5. The van der Waals surface area contributed by atoms with Crippen molar-refractivity contribution in [2.24, 2.45) is 5.10 Å². The molecule has 0 radical (unpaired) electrons. The summed E-state index contributed by atoms with van der Waals surface area (Å²) in [5, 5.41) is 4.56. The van der Waals surface area contributed by atoms with Crippen LogP contribution < -0.4 is 19.6 Å². The largest absolute Gasteiger partial charge is 0.494 e. The van der Waals surface area contributed by atoms with Gasteiger partial charge in [0.1, 0.15) is 5.75 Å². The van der Waals surface area contributed by atoms with Gasteiger partial charge in [-0.15, -0.1) is 0 Å². The van der Waals surface area contributed by atoms with Crippen molar-refractivity contribution in [3.05, 3.63) is 87.4 Å². The fourth-order valence-electron chi connectivity index (χ4n) is 2.78. The van der Waals surface area contributed by atoms with Gasteiger partial charge >= 0.3 is 5.97 Å². The van der Waals surface area contributed by atoms with E-state index < -0.39 is 11.9 Å². The van der Waals surface area contributed by atoms with Crippen LogP contribution in [0.5, 0.6) is 17.2 Å². The molecule has 7 nitrogen and oxygen atoms in total. The number of methoxy groups -OCH3 is 1. The first-order valence-electron chi connectivity index (χ1n) is 10.3. The lowest BCUT2D eigenvalue weighted by Gasteiger charge is -2.10. The Balaban J connectivity index is 1.63. The summed E-state index contributed by atoms with van der Waals surface area (Å²) in [4.78, 5) is 24.7. The van der Waals surface area contributed by atoms with Crippen molar-refractivity contribution in [2.45, 2.75) is 13.3 Å². The number of rotatable bonds is 9. The molecule has 34 heavy (non-hydrogen) atoms. The number of ether oxygens (including phenoxy) is 3. The van der Waals surface area contributed by atoms with Gasteiger partial charge in [-0.05, 0) is 72.6 Å². The monoisotopic (exact) mass is 500 g/mol. The van der Waals surface area contributed by atoms with Crippen LogP contribution in [0.25, 0.3) is 0 Å². The zero-order valence-electron chi connectivity index (χ0n) is 18.5. The molecule has 9 heteroatoms. The fourth-order valence-corrected chi connectivity index (χ4v) is 3.08. The number of hydrogen-bond acceptors (Lipinski definition) is 6. The summed E-state index contributed by atoms with van der Waals surface area (Å²) in [6.07, 6.45) is 2.33. The molecule has 1 amide bonds. The molecule has 0 aliphatic heterocycles. The number of hydrogen-bond donors (Lipinski definition) is 1. The molecular weight excluding hydrogens is 479 g/mol. The Morgan fingerprint density at radius 1 is 0.941 bits per heavy atom.